The molecule has 0 saturated carbocycles. The van der Waals surface area contributed by atoms with Gasteiger partial charge in [0.15, 0.2) is 0 Å². The minimum absolute atomic E-state index is 0.139. The van der Waals surface area contributed by atoms with Gasteiger partial charge < -0.3 is 20.4 Å². The number of nitrogens with one attached hydrogen (secondary N) is 2. The fraction of sp³-hybridized carbons (Fsp3) is 0.300. The number of carbonyl (C=O) groups is 2. The van der Waals surface area contributed by atoms with Crippen molar-refractivity contribution in [3.05, 3.63) is 89.4 Å². The van der Waals surface area contributed by atoms with Crippen LogP contribution in [0.15, 0.2) is 61.2 Å². The number of hydrogen-bond donors (Lipinski definition) is 2. The van der Waals surface area contributed by atoms with Crippen molar-refractivity contribution in [2.45, 2.75) is 38.6 Å². The summed E-state index contributed by atoms with van der Waals surface area (Å²) in [4.78, 5) is 34.4. The lowest BCUT2D eigenvalue weighted by molar-refractivity contribution is 0.0989. The van der Waals surface area contributed by atoms with E-state index in [2.05, 4.69) is 28.2 Å². The van der Waals surface area contributed by atoms with E-state index in [-0.39, 0.29) is 17.8 Å². The zero-order chi connectivity index (χ0) is 26.9. The van der Waals surface area contributed by atoms with Crippen LogP contribution in [0.4, 0.5) is 26.4 Å². The van der Waals surface area contributed by atoms with Crippen molar-refractivity contribution in [1.29, 1.82) is 0 Å². The molecule has 0 unspecified atom stereocenters. The molecule has 0 bridgehead atoms. The Kier molecular flexibility index (Phi) is 6.89. The minimum Gasteiger partial charge on any atom is -0.356 e. The Bertz CT molecular complexity index is 1400. The fourth-order valence-corrected chi connectivity index (χ4v) is 5.62. The molecular weight excluding hydrogens is 481 g/mol. The van der Waals surface area contributed by atoms with Crippen LogP contribution in [0.3, 0.4) is 0 Å². The van der Waals surface area contributed by atoms with Crippen LogP contribution in [0.5, 0.6) is 0 Å². The lowest BCUT2D eigenvalue weighted by atomic mass is 9.79. The van der Waals surface area contributed by atoms with Crippen molar-refractivity contribution in [3.8, 4) is 0 Å². The van der Waals surface area contributed by atoms with E-state index >= 15 is 0 Å². The van der Waals surface area contributed by atoms with Crippen molar-refractivity contribution in [2.75, 3.05) is 34.8 Å². The highest BCUT2D eigenvalue weighted by Gasteiger charge is 2.42. The molecule has 0 radical (unpaired) electrons. The van der Waals surface area contributed by atoms with E-state index in [1.807, 2.05) is 38.1 Å². The summed E-state index contributed by atoms with van der Waals surface area (Å²) >= 11 is 0. The van der Waals surface area contributed by atoms with Crippen LogP contribution in [-0.2, 0) is 12.0 Å². The van der Waals surface area contributed by atoms with E-state index in [0.717, 1.165) is 22.5 Å². The first-order chi connectivity index (χ1) is 18.5. The molecule has 3 aliphatic heterocycles. The minimum atomic E-state index is -0.432. The van der Waals surface area contributed by atoms with Crippen molar-refractivity contribution in [2.24, 2.45) is 0 Å². The van der Waals surface area contributed by atoms with Crippen molar-refractivity contribution >= 4 is 35.2 Å². The fourth-order valence-electron chi connectivity index (χ4n) is 5.62. The Hall–Kier alpha value is -4.20. The van der Waals surface area contributed by atoms with Crippen molar-refractivity contribution < 1.29 is 14.0 Å². The first kappa shape index (κ1) is 25.4. The summed E-state index contributed by atoms with van der Waals surface area (Å²) in [6.07, 6.45) is 3.70. The van der Waals surface area contributed by atoms with Gasteiger partial charge in [0.05, 0.1) is 11.2 Å². The van der Waals surface area contributed by atoms with Gasteiger partial charge in [0.2, 0.25) is 0 Å². The number of amides is 3. The summed E-state index contributed by atoms with van der Waals surface area (Å²) in [5.74, 6) is 0.274. The van der Waals surface area contributed by atoms with Gasteiger partial charge in [-0.2, -0.15) is 0 Å². The molecule has 7 nitrogen and oxygen atoms in total. The van der Waals surface area contributed by atoms with E-state index in [4.69, 9.17) is 4.98 Å². The third-order valence-corrected chi connectivity index (χ3v) is 7.45. The Morgan fingerprint density at radius 2 is 1.84 bits per heavy atom. The quantitative estimate of drug-likeness (QED) is 0.469. The molecule has 8 heteroatoms. The van der Waals surface area contributed by atoms with Crippen LogP contribution in [0.2, 0.25) is 0 Å². The summed E-state index contributed by atoms with van der Waals surface area (Å²) in [5, 5.41) is 6.06. The second-order valence-electron chi connectivity index (χ2n) is 9.52. The van der Waals surface area contributed by atoms with Crippen LogP contribution in [0.25, 0.3) is 6.08 Å². The van der Waals surface area contributed by atoms with Gasteiger partial charge in [0.25, 0.3) is 5.91 Å². The number of para-hydroxylation sites is 1. The summed E-state index contributed by atoms with van der Waals surface area (Å²) < 4.78 is 13.7. The molecular formula is C30H32FN5O2. The lowest BCUT2D eigenvalue weighted by Crippen LogP contribution is -2.57. The normalized spacial score (nSPS) is 17.0. The molecule has 0 aliphatic carbocycles. The van der Waals surface area contributed by atoms with Gasteiger partial charge in [-0.1, -0.05) is 38.6 Å². The second kappa shape index (κ2) is 10.3. The summed E-state index contributed by atoms with van der Waals surface area (Å²) in [7, 11) is 0. The van der Waals surface area contributed by atoms with E-state index in [9.17, 15) is 14.0 Å². The number of rotatable bonds is 3. The van der Waals surface area contributed by atoms with Crippen LogP contribution in [0, 0.1) is 5.82 Å². The molecule has 3 aromatic rings. The van der Waals surface area contributed by atoms with E-state index in [0.29, 0.717) is 56.0 Å². The number of benzene rings is 2. The summed E-state index contributed by atoms with van der Waals surface area (Å²) in [6, 6.07) is 15.8. The van der Waals surface area contributed by atoms with E-state index < -0.39 is 5.54 Å². The molecule has 0 atom stereocenters. The first-order valence-electron chi connectivity index (χ1n) is 13.1. The Morgan fingerprint density at radius 3 is 2.61 bits per heavy atom. The van der Waals surface area contributed by atoms with Crippen LogP contribution in [0.1, 0.15) is 53.9 Å². The van der Waals surface area contributed by atoms with Crippen LogP contribution >= 0.6 is 0 Å². The molecule has 2 N–H and O–H groups in total. The number of nitrogens with zero attached hydrogens (tertiary/aromatic N) is 3. The number of piperidine rings is 1. The molecule has 6 rings (SSSR count). The second-order valence-corrected chi connectivity index (χ2v) is 9.52. The number of halogens is 1. The van der Waals surface area contributed by atoms with Crippen molar-refractivity contribution in [3.63, 3.8) is 0 Å². The highest BCUT2D eigenvalue weighted by molar-refractivity contribution is 6.08. The number of urea groups is 1. The molecule has 1 saturated heterocycles. The SMILES string of the molecule is C=Cc1cc(C(=O)N2CCc3cc(F)ccc32)cc(N2CCC3(CC2)NC(=O)Nc2ccccc23)n1.CC. The van der Waals surface area contributed by atoms with Gasteiger partial charge in [0, 0.05) is 42.1 Å². The zero-order valence-electron chi connectivity index (χ0n) is 21.8. The third-order valence-electron chi connectivity index (χ3n) is 7.45. The Balaban J connectivity index is 0.00000144. The van der Waals surface area contributed by atoms with Gasteiger partial charge in [-0.15, -0.1) is 0 Å². The number of pyridine rings is 1. The van der Waals surface area contributed by atoms with Gasteiger partial charge in [-0.05, 0) is 67.3 Å². The monoisotopic (exact) mass is 513 g/mol. The predicted molar refractivity (Wildman–Crippen MR) is 149 cm³/mol. The zero-order valence-corrected chi connectivity index (χ0v) is 21.8. The summed E-state index contributed by atoms with van der Waals surface area (Å²) in [6.45, 7) is 9.71. The van der Waals surface area contributed by atoms with Crippen molar-refractivity contribution in [1.82, 2.24) is 10.3 Å². The Labute approximate surface area is 222 Å². The van der Waals surface area contributed by atoms with E-state index in [1.165, 1.54) is 12.1 Å². The standard InChI is InChI=1S/C28H26FN5O2.C2H6/c1-2-21-16-19(26(35)34-12-9-18-15-20(29)7-8-24(18)34)17-25(30-21)33-13-10-28(11-14-33)22-5-3-4-6-23(22)31-27(36)32-28;1-2/h2-8,15-17H,1,9-14H2,(H2,31,32,36);1-2H3. The first-order valence-corrected chi connectivity index (χ1v) is 13.1. The topological polar surface area (TPSA) is 77.6 Å². The van der Waals surface area contributed by atoms with Gasteiger partial charge in [0.1, 0.15) is 11.6 Å². The van der Waals surface area contributed by atoms with Gasteiger partial charge in [-0.3, -0.25) is 4.79 Å². The van der Waals surface area contributed by atoms with Gasteiger partial charge >= 0.3 is 6.03 Å². The maximum absolute atomic E-state index is 13.7. The number of anilines is 3. The number of fused-ring (bicyclic) bond motifs is 3. The number of hydrogen-bond acceptors (Lipinski definition) is 4. The maximum atomic E-state index is 13.7. The summed E-state index contributed by atoms with van der Waals surface area (Å²) in [5.41, 5.74) is 4.24. The smallest absolute Gasteiger partial charge is 0.319 e. The van der Waals surface area contributed by atoms with Crippen LogP contribution < -0.4 is 20.4 Å². The predicted octanol–water partition coefficient (Wildman–Crippen LogP) is 5.72. The third kappa shape index (κ3) is 4.51. The number of aromatic nitrogens is 1. The average Bonchev–Trinajstić information content (AvgIpc) is 3.36. The maximum Gasteiger partial charge on any atom is 0.319 e. The molecule has 2 aromatic carbocycles. The lowest BCUT2D eigenvalue weighted by Gasteiger charge is -2.46. The molecule has 1 fully saturated rings. The molecule has 1 spiro atoms. The largest absolute Gasteiger partial charge is 0.356 e. The molecule has 3 amide bonds. The average molecular weight is 514 g/mol. The molecule has 3 aliphatic rings. The van der Waals surface area contributed by atoms with Crippen LogP contribution in [-0.4, -0.2) is 36.6 Å². The number of carbonyl (C=O) groups excluding carboxylic acids is 2. The molecule has 38 heavy (non-hydrogen) atoms. The van der Waals surface area contributed by atoms with Gasteiger partial charge in [-0.25, -0.2) is 14.2 Å². The molecule has 4 heterocycles. The highest BCUT2D eigenvalue weighted by Crippen LogP contribution is 2.40. The molecule has 1 aromatic heterocycles. The van der Waals surface area contributed by atoms with E-state index in [1.54, 1.807) is 23.1 Å². The Morgan fingerprint density at radius 1 is 1.08 bits per heavy atom. The highest BCUT2D eigenvalue weighted by atomic mass is 19.1. The molecule has 196 valence electrons.